The Morgan fingerprint density at radius 1 is 0.286 bits per heavy atom. The van der Waals surface area contributed by atoms with E-state index in [0.717, 1.165) is 82.0 Å². The van der Waals surface area contributed by atoms with E-state index in [9.17, 15) is 0 Å². The maximum absolute atomic E-state index is 6.60. The molecule has 3 aromatic carbocycles. The fraction of sp³-hybridized carbons (Fsp3) is 0.753. The van der Waals surface area contributed by atoms with Crippen molar-refractivity contribution in [3.8, 4) is 17.2 Å². The highest BCUT2D eigenvalue weighted by molar-refractivity contribution is 5.83. The van der Waals surface area contributed by atoms with Gasteiger partial charge in [-0.15, -0.1) is 0 Å². The predicted molar refractivity (Wildman–Crippen MR) is 370 cm³/mol. The molecule has 0 N–H and O–H groups in total. The van der Waals surface area contributed by atoms with Crippen LogP contribution in [0.2, 0.25) is 0 Å². The monoisotopic (exact) mass is 1270 g/mol. The Kier molecular flexibility index (Phi) is 31.5. The van der Waals surface area contributed by atoms with E-state index >= 15 is 0 Å². The lowest BCUT2D eigenvalue weighted by Crippen LogP contribution is -2.65. The van der Waals surface area contributed by atoms with Gasteiger partial charge in [0, 0.05) is 92.0 Å². The highest BCUT2D eigenvalue weighted by atomic mass is 16.6. The van der Waals surface area contributed by atoms with Crippen molar-refractivity contribution in [2.24, 2.45) is 17.8 Å². The van der Waals surface area contributed by atoms with Crippen LogP contribution in [0.1, 0.15) is 149 Å². The van der Waals surface area contributed by atoms with Crippen molar-refractivity contribution < 1.29 is 56.8 Å². The molecule has 3 aromatic rings. The van der Waals surface area contributed by atoms with Crippen molar-refractivity contribution in [3.63, 3.8) is 0 Å². The Labute approximate surface area is 550 Å². The number of ether oxygens (including phenoxy) is 12. The van der Waals surface area contributed by atoms with Gasteiger partial charge in [-0.05, 0) is 152 Å². The minimum absolute atomic E-state index is 0.00454. The van der Waals surface area contributed by atoms with E-state index in [0.29, 0.717) is 119 Å². The predicted octanol–water partition coefficient (Wildman–Crippen LogP) is 13.3. The van der Waals surface area contributed by atoms with Crippen LogP contribution in [-0.2, 0) is 42.6 Å². The summed E-state index contributed by atoms with van der Waals surface area (Å²) in [5.41, 5.74) is 7.49. The van der Waals surface area contributed by atoms with Crippen LogP contribution >= 0.6 is 0 Å². The van der Waals surface area contributed by atoms with E-state index in [1.807, 2.05) is 0 Å². The number of fused-ring (bicyclic) bond motifs is 3. The molecule has 5 atom stereocenters. The topological polar surface area (TPSA) is 130 Å². The number of hydrogen-bond acceptors (Lipinski definition) is 18. The normalized spacial score (nSPS) is 20.0. The van der Waals surface area contributed by atoms with Gasteiger partial charge in [-0.2, -0.15) is 0 Å². The Hall–Kier alpha value is -4.50. The van der Waals surface area contributed by atoms with Crippen LogP contribution in [0.3, 0.4) is 0 Å². The van der Waals surface area contributed by atoms with Crippen molar-refractivity contribution in [2.75, 3.05) is 168 Å². The molecule has 1 saturated carbocycles. The second-order valence-corrected chi connectivity index (χ2v) is 26.4. The molecule has 516 valence electrons. The molecule has 91 heavy (non-hydrogen) atoms. The van der Waals surface area contributed by atoms with Crippen molar-refractivity contribution in [3.05, 3.63) is 54.6 Å². The van der Waals surface area contributed by atoms with E-state index in [1.54, 1.807) is 0 Å². The highest BCUT2D eigenvalue weighted by Gasteiger charge is 2.58. The molecular weight excluding hydrogens is 1150 g/mol. The van der Waals surface area contributed by atoms with Crippen LogP contribution in [0.15, 0.2) is 54.6 Å². The van der Waals surface area contributed by atoms with Crippen LogP contribution in [0.4, 0.5) is 34.1 Å². The van der Waals surface area contributed by atoms with Crippen molar-refractivity contribution in [1.82, 2.24) is 0 Å². The van der Waals surface area contributed by atoms with Gasteiger partial charge in [0.15, 0.2) is 0 Å². The van der Waals surface area contributed by atoms with Crippen molar-refractivity contribution in [2.45, 2.75) is 204 Å². The summed E-state index contributed by atoms with van der Waals surface area (Å²) in [6.07, 6.45) is 7.57. The molecule has 0 saturated heterocycles. The first kappa shape index (κ1) is 73.9. The second-order valence-electron chi connectivity index (χ2n) is 26.4. The van der Waals surface area contributed by atoms with Gasteiger partial charge in [-0.25, -0.2) is 0 Å². The van der Waals surface area contributed by atoms with E-state index in [-0.39, 0.29) is 72.5 Å². The van der Waals surface area contributed by atoms with Crippen LogP contribution in [0, 0.1) is 17.8 Å². The Bertz CT molecular complexity index is 2390. The van der Waals surface area contributed by atoms with Crippen LogP contribution in [0.25, 0.3) is 0 Å². The maximum atomic E-state index is 6.60. The Balaban J connectivity index is 1.24. The minimum Gasteiger partial charge on any atom is -0.491 e. The van der Waals surface area contributed by atoms with Crippen LogP contribution in [-0.4, -0.2) is 193 Å². The fourth-order valence-corrected chi connectivity index (χ4v) is 14.3. The Morgan fingerprint density at radius 2 is 0.505 bits per heavy atom. The zero-order chi connectivity index (χ0) is 65.2. The van der Waals surface area contributed by atoms with Crippen LogP contribution in [0.5, 0.6) is 17.2 Å². The number of anilines is 6. The molecule has 3 heterocycles. The molecule has 0 amide bonds. The number of nitrogens with zero attached hydrogens (tertiary/aromatic N) is 6. The largest absolute Gasteiger partial charge is 0.491 e. The lowest BCUT2D eigenvalue weighted by molar-refractivity contribution is 0.00945. The second kappa shape index (κ2) is 38.8. The molecule has 1 aliphatic carbocycles. The van der Waals surface area contributed by atoms with Crippen LogP contribution < -0.4 is 43.6 Å². The quantitative estimate of drug-likeness (QED) is 0.0392. The summed E-state index contributed by atoms with van der Waals surface area (Å²) in [7, 11) is 0. The first-order valence-electron chi connectivity index (χ1n) is 35.4. The van der Waals surface area contributed by atoms with Gasteiger partial charge < -0.3 is 86.2 Å². The van der Waals surface area contributed by atoms with Gasteiger partial charge in [0.2, 0.25) is 0 Å². The standard InChI is InChI=1S/C73H122N6O12/c1-16-29-80-32-35-83-38-41-86-44-47-89-59-23-26-64-67(50-59)77(56(10)11)71(74(64)53(4)5)62-21-19-20-22-63(72-75(54(6)7)65-27-24-60(51-68(65)78(72)57(12)13)90-48-45-87-42-39-84-36-33-81-30-17-2)70(62)73-76(55(8)9)66-28-25-61(52-69(66)79(73)58(14)15)91-49-46-88-43-40-85-37-34-82-31-18-3/h23-28,50-58,62-63,70-73H,16-22,29-49H2,1-15H3. The van der Waals surface area contributed by atoms with E-state index in [1.165, 1.54) is 34.1 Å². The summed E-state index contributed by atoms with van der Waals surface area (Å²) in [5, 5.41) is 0. The third-order valence-electron chi connectivity index (χ3n) is 17.7. The van der Waals surface area contributed by atoms with E-state index in [2.05, 4.69) is 188 Å². The lowest BCUT2D eigenvalue weighted by Gasteiger charge is -2.54. The SMILES string of the molecule is CCCOCCOCCOCCOc1ccc2c(c1)N(C(C)C)C(C1CCCCC(C3N(C(C)C)c4ccc(OCCOCCOCCOCCC)cc4N3C(C)C)C1C1N(C(C)C)c3ccc(OCCOCCOCCOCCC)cc3N1C(C)C)N2C(C)C. The zero-order valence-electron chi connectivity index (χ0n) is 59.0. The van der Waals surface area contributed by atoms with Crippen molar-refractivity contribution in [1.29, 1.82) is 0 Å². The molecular formula is C73H122N6O12. The molecule has 7 rings (SSSR count). The summed E-state index contributed by atoms with van der Waals surface area (Å²) in [4.78, 5) is 16.7. The van der Waals surface area contributed by atoms with Gasteiger partial charge >= 0.3 is 0 Å². The van der Waals surface area contributed by atoms with Gasteiger partial charge in [-0.3, -0.25) is 0 Å². The molecule has 4 aliphatic rings. The molecule has 0 spiro atoms. The van der Waals surface area contributed by atoms with Gasteiger partial charge in [0.1, 0.15) is 55.6 Å². The van der Waals surface area contributed by atoms with E-state index < -0.39 is 0 Å². The maximum Gasteiger partial charge on any atom is 0.121 e. The molecule has 18 nitrogen and oxygen atoms in total. The summed E-state index contributed by atoms with van der Waals surface area (Å²) in [6, 6.07) is 21.6. The molecule has 5 unspecified atom stereocenters. The third-order valence-corrected chi connectivity index (χ3v) is 17.7. The number of hydrogen-bond donors (Lipinski definition) is 0. The molecule has 1 fully saturated rings. The summed E-state index contributed by atoms with van der Waals surface area (Å²) >= 11 is 0. The van der Waals surface area contributed by atoms with Gasteiger partial charge in [0.25, 0.3) is 0 Å². The average molecular weight is 1280 g/mol. The third kappa shape index (κ3) is 20.0. The Morgan fingerprint density at radius 3 is 0.758 bits per heavy atom. The number of rotatable bonds is 45. The zero-order valence-corrected chi connectivity index (χ0v) is 59.0. The number of benzene rings is 3. The molecule has 18 heteroatoms. The fourth-order valence-electron chi connectivity index (χ4n) is 14.3. The molecule has 0 radical (unpaired) electrons. The van der Waals surface area contributed by atoms with Gasteiger partial charge in [-0.1, -0.05) is 33.6 Å². The molecule has 0 bridgehead atoms. The highest BCUT2D eigenvalue weighted by Crippen LogP contribution is 2.58. The van der Waals surface area contributed by atoms with E-state index in [4.69, 9.17) is 56.8 Å². The summed E-state index contributed by atoms with van der Waals surface area (Å²) in [5.74, 6) is 3.16. The minimum atomic E-state index is 0.00454. The average Bonchev–Trinajstić information content (AvgIpc) is 1.57. The van der Waals surface area contributed by atoms with Crippen molar-refractivity contribution >= 4 is 34.1 Å². The van der Waals surface area contributed by atoms with Gasteiger partial charge in [0.05, 0.1) is 133 Å². The molecule has 0 aromatic heterocycles. The lowest BCUT2D eigenvalue weighted by atomic mass is 9.72. The summed E-state index contributed by atoms with van der Waals surface area (Å²) < 4.78 is 71.7. The first-order valence-corrected chi connectivity index (χ1v) is 35.4. The smallest absolute Gasteiger partial charge is 0.121 e. The first-order chi connectivity index (χ1) is 44.2. The summed E-state index contributed by atoms with van der Waals surface area (Å²) in [6.45, 7) is 46.8. The molecule has 3 aliphatic heterocycles.